The molecule has 0 spiro atoms. The summed E-state index contributed by atoms with van der Waals surface area (Å²) >= 11 is 3.17. The normalized spacial score (nSPS) is 12.7. The second kappa shape index (κ2) is 5.16. The summed E-state index contributed by atoms with van der Waals surface area (Å²) < 4.78 is 15.3. The van der Waals surface area contributed by atoms with Gasteiger partial charge >= 0.3 is 0 Å². The topological polar surface area (TPSA) is 42.7 Å². The first-order valence-electron chi connectivity index (χ1n) is 5.59. The zero-order valence-corrected chi connectivity index (χ0v) is 12.0. The molecule has 6 heteroatoms. The van der Waals surface area contributed by atoms with Crippen molar-refractivity contribution in [3.8, 4) is 5.69 Å². The Morgan fingerprint density at radius 1 is 1.44 bits per heavy atom. The van der Waals surface area contributed by atoms with E-state index in [1.54, 1.807) is 16.8 Å². The Balaban J connectivity index is 2.45. The van der Waals surface area contributed by atoms with E-state index in [2.05, 4.69) is 31.6 Å². The molecule has 2 rings (SSSR count). The van der Waals surface area contributed by atoms with Crippen molar-refractivity contribution in [2.75, 3.05) is 7.05 Å². The van der Waals surface area contributed by atoms with Crippen molar-refractivity contribution in [1.29, 1.82) is 0 Å². The van der Waals surface area contributed by atoms with Gasteiger partial charge in [-0.1, -0.05) is 5.21 Å². The molecule has 0 amide bonds. The maximum absolute atomic E-state index is 13.2. The van der Waals surface area contributed by atoms with Gasteiger partial charge in [-0.05, 0) is 55.0 Å². The van der Waals surface area contributed by atoms with Gasteiger partial charge in [-0.2, -0.15) is 0 Å². The van der Waals surface area contributed by atoms with Crippen molar-refractivity contribution in [2.45, 2.75) is 19.9 Å². The molecule has 1 heterocycles. The summed E-state index contributed by atoms with van der Waals surface area (Å²) in [5.41, 5.74) is 2.61. The molecule has 2 aromatic rings. The standard InChI is InChI=1S/C12H14BrFN4/c1-7(15-3)12-8(2)18(17-16-12)9-4-5-11(14)10(13)6-9/h4-7,15H,1-3H3. The first kappa shape index (κ1) is 13.2. The Labute approximate surface area is 113 Å². The third kappa shape index (κ3) is 2.30. The van der Waals surface area contributed by atoms with E-state index in [9.17, 15) is 4.39 Å². The number of hydrogen-bond donors (Lipinski definition) is 1. The largest absolute Gasteiger partial charge is 0.312 e. The van der Waals surface area contributed by atoms with E-state index in [-0.39, 0.29) is 11.9 Å². The average Bonchev–Trinajstić information content (AvgIpc) is 2.74. The van der Waals surface area contributed by atoms with Crippen LogP contribution in [0, 0.1) is 12.7 Å². The van der Waals surface area contributed by atoms with Crippen molar-refractivity contribution in [1.82, 2.24) is 20.3 Å². The lowest BCUT2D eigenvalue weighted by molar-refractivity contribution is 0.619. The maximum Gasteiger partial charge on any atom is 0.137 e. The number of nitrogens with one attached hydrogen (secondary N) is 1. The van der Waals surface area contributed by atoms with Crippen LogP contribution < -0.4 is 5.32 Å². The molecule has 0 aliphatic carbocycles. The van der Waals surface area contributed by atoms with Gasteiger partial charge in [0.15, 0.2) is 0 Å². The molecule has 18 heavy (non-hydrogen) atoms. The fraction of sp³-hybridized carbons (Fsp3) is 0.333. The number of benzene rings is 1. The summed E-state index contributed by atoms with van der Waals surface area (Å²) in [5, 5.41) is 11.4. The molecule has 1 aromatic heterocycles. The molecule has 4 nitrogen and oxygen atoms in total. The number of halogens is 2. The molecule has 1 atom stereocenters. The molecule has 0 aliphatic heterocycles. The first-order valence-corrected chi connectivity index (χ1v) is 6.38. The van der Waals surface area contributed by atoms with Gasteiger partial charge in [0.25, 0.3) is 0 Å². The highest BCUT2D eigenvalue weighted by atomic mass is 79.9. The van der Waals surface area contributed by atoms with E-state index >= 15 is 0 Å². The smallest absolute Gasteiger partial charge is 0.137 e. The van der Waals surface area contributed by atoms with Crippen molar-refractivity contribution >= 4 is 15.9 Å². The van der Waals surface area contributed by atoms with E-state index in [1.165, 1.54) is 6.07 Å². The Bertz CT molecular complexity index is 567. The van der Waals surface area contributed by atoms with Crippen molar-refractivity contribution in [2.24, 2.45) is 0 Å². The van der Waals surface area contributed by atoms with Gasteiger partial charge in [-0.25, -0.2) is 9.07 Å². The lowest BCUT2D eigenvalue weighted by atomic mass is 10.2. The summed E-state index contributed by atoms with van der Waals surface area (Å²) in [6.45, 7) is 3.96. The summed E-state index contributed by atoms with van der Waals surface area (Å²) in [7, 11) is 1.87. The van der Waals surface area contributed by atoms with Gasteiger partial charge in [-0.15, -0.1) is 5.10 Å². The average molecular weight is 313 g/mol. The van der Waals surface area contributed by atoms with Gasteiger partial charge in [0.05, 0.1) is 21.9 Å². The summed E-state index contributed by atoms with van der Waals surface area (Å²) in [6, 6.07) is 4.89. The fourth-order valence-electron chi connectivity index (χ4n) is 1.74. The predicted molar refractivity (Wildman–Crippen MR) is 71.2 cm³/mol. The number of nitrogens with zero attached hydrogens (tertiary/aromatic N) is 3. The zero-order valence-electron chi connectivity index (χ0n) is 10.4. The lowest BCUT2D eigenvalue weighted by Crippen LogP contribution is -2.14. The van der Waals surface area contributed by atoms with Crippen LogP contribution in [0.25, 0.3) is 5.69 Å². The second-order valence-corrected chi connectivity index (χ2v) is 4.94. The van der Waals surface area contributed by atoms with Crippen LogP contribution in [-0.2, 0) is 0 Å². The highest BCUT2D eigenvalue weighted by molar-refractivity contribution is 9.10. The third-order valence-corrected chi connectivity index (χ3v) is 3.53. The molecular formula is C12H14BrFN4. The van der Waals surface area contributed by atoms with Crippen LogP contribution in [0.2, 0.25) is 0 Å². The molecule has 96 valence electrons. The van der Waals surface area contributed by atoms with Gasteiger partial charge in [0.2, 0.25) is 0 Å². The first-order chi connectivity index (χ1) is 8.54. The van der Waals surface area contributed by atoms with E-state index in [4.69, 9.17) is 0 Å². The second-order valence-electron chi connectivity index (χ2n) is 4.08. The van der Waals surface area contributed by atoms with Gasteiger partial charge in [0.1, 0.15) is 11.5 Å². The Morgan fingerprint density at radius 2 is 2.17 bits per heavy atom. The Kier molecular flexibility index (Phi) is 3.77. The molecule has 0 radical (unpaired) electrons. The number of aromatic nitrogens is 3. The highest BCUT2D eigenvalue weighted by Crippen LogP contribution is 2.22. The van der Waals surface area contributed by atoms with Crippen molar-refractivity contribution in [3.05, 3.63) is 39.9 Å². The lowest BCUT2D eigenvalue weighted by Gasteiger charge is -2.08. The molecule has 1 unspecified atom stereocenters. The van der Waals surface area contributed by atoms with Crippen LogP contribution in [0.3, 0.4) is 0 Å². The molecule has 1 N–H and O–H groups in total. The zero-order chi connectivity index (χ0) is 13.3. The van der Waals surface area contributed by atoms with Gasteiger partial charge in [-0.3, -0.25) is 0 Å². The minimum Gasteiger partial charge on any atom is -0.312 e. The van der Waals surface area contributed by atoms with Crippen LogP contribution in [0.5, 0.6) is 0 Å². The predicted octanol–water partition coefficient (Wildman–Crippen LogP) is 2.76. The molecular weight excluding hydrogens is 299 g/mol. The molecule has 0 bridgehead atoms. The van der Waals surface area contributed by atoms with Crippen LogP contribution in [0.15, 0.2) is 22.7 Å². The van der Waals surface area contributed by atoms with Crippen molar-refractivity contribution < 1.29 is 4.39 Å². The third-order valence-electron chi connectivity index (χ3n) is 2.92. The highest BCUT2D eigenvalue weighted by Gasteiger charge is 2.15. The quantitative estimate of drug-likeness (QED) is 0.947. The van der Waals surface area contributed by atoms with Gasteiger partial charge < -0.3 is 5.32 Å². The van der Waals surface area contributed by atoms with Crippen LogP contribution >= 0.6 is 15.9 Å². The SMILES string of the molecule is CNC(C)c1nnn(-c2ccc(F)c(Br)c2)c1C. The number of hydrogen-bond acceptors (Lipinski definition) is 3. The number of rotatable bonds is 3. The Hall–Kier alpha value is -1.27. The molecule has 0 fully saturated rings. The van der Waals surface area contributed by atoms with Crippen LogP contribution in [0.1, 0.15) is 24.4 Å². The van der Waals surface area contributed by atoms with Crippen LogP contribution in [-0.4, -0.2) is 22.0 Å². The van der Waals surface area contributed by atoms with E-state index in [0.717, 1.165) is 17.1 Å². The Morgan fingerprint density at radius 3 is 2.78 bits per heavy atom. The van der Waals surface area contributed by atoms with E-state index in [0.29, 0.717) is 4.47 Å². The minimum atomic E-state index is -0.291. The summed E-state index contributed by atoms with van der Waals surface area (Å²) in [5.74, 6) is -0.291. The minimum absolute atomic E-state index is 0.127. The summed E-state index contributed by atoms with van der Waals surface area (Å²) in [6.07, 6.45) is 0. The molecule has 0 saturated heterocycles. The molecule has 1 aromatic carbocycles. The van der Waals surface area contributed by atoms with E-state index < -0.39 is 0 Å². The van der Waals surface area contributed by atoms with Crippen molar-refractivity contribution in [3.63, 3.8) is 0 Å². The summed E-state index contributed by atoms with van der Waals surface area (Å²) in [4.78, 5) is 0. The van der Waals surface area contributed by atoms with E-state index in [1.807, 2.05) is 20.9 Å². The fourth-order valence-corrected chi connectivity index (χ4v) is 2.11. The van der Waals surface area contributed by atoms with Crippen LogP contribution in [0.4, 0.5) is 4.39 Å². The molecule has 0 saturated carbocycles. The monoisotopic (exact) mass is 312 g/mol. The maximum atomic E-state index is 13.2. The van der Waals surface area contributed by atoms with Gasteiger partial charge in [0, 0.05) is 0 Å². The molecule has 0 aliphatic rings.